The molecule has 3 heterocycles. The molecule has 0 radical (unpaired) electrons. The molecule has 0 N–H and O–H groups in total. The molecule has 4 rings (SSSR count). The minimum Gasteiger partial charge on any atom is -0.493 e. The minimum absolute atomic E-state index is 0.249. The standard InChI is InChI=1S/C26H32N4O2/c1-4-7-25-28-17-21(20-11-13-27-14-12-20)26(29-25)22-8-5-6-15-30(22)18-19-9-10-23(31-2)24(16-19)32-3/h9-14,16-17,22H,4-8,15,18H2,1-3H3. The molecular weight excluding hydrogens is 400 g/mol. The van der Waals surface area contributed by atoms with E-state index in [1.165, 1.54) is 18.4 Å². The molecule has 6 heteroatoms. The third kappa shape index (κ3) is 4.91. The van der Waals surface area contributed by atoms with Crippen LogP contribution in [0.3, 0.4) is 0 Å². The van der Waals surface area contributed by atoms with Crippen LogP contribution in [0, 0.1) is 0 Å². The highest BCUT2D eigenvalue weighted by Crippen LogP contribution is 2.37. The molecule has 1 saturated heterocycles. The van der Waals surface area contributed by atoms with Crippen molar-refractivity contribution in [3.63, 3.8) is 0 Å². The number of nitrogens with zero attached hydrogens (tertiary/aromatic N) is 4. The number of methoxy groups -OCH3 is 2. The zero-order chi connectivity index (χ0) is 22.3. The fraction of sp³-hybridized carbons (Fsp3) is 0.423. The second-order valence-electron chi connectivity index (χ2n) is 8.24. The summed E-state index contributed by atoms with van der Waals surface area (Å²) in [5.74, 6) is 2.45. The summed E-state index contributed by atoms with van der Waals surface area (Å²) in [6, 6.07) is 10.5. The van der Waals surface area contributed by atoms with Gasteiger partial charge in [-0.2, -0.15) is 0 Å². The number of aromatic nitrogens is 3. The number of likely N-dealkylation sites (tertiary alicyclic amines) is 1. The number of rotatable bonds is 8. The molecule has 1 fully saturated rings. The van der Waals surface area contributed by atoms with Gasteiger partial charge in [-0.1, -0.05) is 19.4 Å². The van der Waals surface area contributed by atoms with E-state index in [4.69, 9.17) is 14.5 Å². The van der Waals surface area contributed by atoms with Gasteiger partial charge in [0.25, 0.3) is 0 Å². The Morgan fingerprint density at radius 3 is 2.59 bits per heavy atom. The van der Waals surface area contributed by atoms with Gasteiger partial charge in [0.15, 0.2) is 11.5 Å². The number of hydrogen-bond donors (Lipinski definition) is 0. The van der Waals surface area contributed by atoms with Crippen LogP contribution in [-0.2, 0) is 13.0 Å². The van der Waals surface area contributed by atoms with Crippen LogP contribution in [0.1, 0.15) is 55.7 Å². The van der Waals surface area contributed by atoms with Crippen LogP contribution in [0.4, 0.5) is 0 Å². The van der Waals surface area contributed by atoms with E-state index in [9.17, 15) is 0 Å². The first kappa shape index (κ1) is 22.2. The van der Waals surface area contributed by atoms with Gasteiger partial charge in [-0.05, 0) is 61.2 Å². The molecule has 1 aliphatic rings. The van der Waals surface area contributed by atoms with Gasteiger partial charge in [-0.25, -0.2) is 9.97 Å². The van der Waals surface area contributed by atoms with Crippen molar-refractivity contribution in [2.24, 2.45) is 0 Å². The van der Waals surface area contributed by atoms with Crippen LogP contribution in [-0.4, -0.2) is 40.6 Å². The van der Waals surface area contributed by atoms with E-state index in [0.717, 1.165) is 66.5 Å². The van der Waals surface area contributed by atoms with E-state index < -0.39 is 0 Å². The number of benzene rings is 1. The van der Waals surface area contributed by atoms with Gasteiger partial charge >= 0.3 is 0 Å². The maximum atomic E-state index is 5.53. The summed E-state index contributed by atoms with van der Waals surface area (Å²) in [6.07, 6.45) is 11.1. The lowest BCUT2D eigenvalue weighted by Gasteiger charge is -2.36. The third-order valence-electron chi connectivity index (χ3n) is 6.10. The lowest BCUT2D eigenvalue weighted by atomic mass is 9.93. The van der Waals surface area contributed by atoms with Crippen molar-refractivity contribution in [2.45, 2.75) is 51.6 Å². The quantitative estimate of drug-likeness (QED) is 0.485. The monoisotopic (exact) mass is 432 g/mol. The predicted octanol–water partition coefficient (Wildman–Crippen LogP) is 5.24. The maximum Gasteiger partial charge on any atom is 0.161 e. The molecule has 1 atom stereocenters. The van der Waals surface area contributed by atoms with Crippen molar-refractivity contribution in [2.75, 3.05) is 20.8 Å². The first-order valence-corrected chi connectivity index (χ1v) is 11.4. The highest BCUT2D eigenvalue weighted by molar-refractivity contribution is 5.65. The third-order valence-corrected chi connectivity index (χ3v) is 6.10. The van der Waals surface area contributed by atoms with Crippen molar-refractivity contribution in [3.8, 4) is 22.6 Å². The summed E-state index contributed by atoms with van der Waals surface area (Å²) >= 11 is 0. The largest absolute Gasteiger partial charge is 0.493 e. The molecule has 0 spiro atoms. The van der Waals surface area contributed by atoms with Crippen LogP contribution in [0.15, 0.2) is 48.9 Å². The molecule has 1 aliphatic heterocycles. The summed E-state index contributed by atoms with van der Waals surface area (Å²) in [4.78, 5) is 16.5. The van der Waals surface area contributed by atoms with Gasteiger partial charge in [0.2, 0.25) is 0 Å². The summed E-state index contributed by atoms with van der Waals surface area (Å²) in [6.45, 7) is 4.06. The Morgan fingerprint density at radius 1 is 1.03 bits per heavy atom. The minimum atomic E-state index is 0.249. The Hall–Kier alpha value is -2.99. The van der Waals surface area contributed by atoms with Crippen molar-refractivity contribution in [1.29, 1.82) is 0 Å². The summed E-state index contributed by atoms with van der Waals surface area (Å²) in [5, 5.41) is 0. The fourth-order valence-corrected chi connectivity index (χ4v) is 4.49. The van der Waals surface area contributed by atoms with Gasteiger partial charge in [0.05, 0.1) is 26.0 Å². The van der Waals surface area contributed by atoms with Crippen LogP contribution >= 0.6 is 0 Å². The SMILES string of the molecule is CCCc1ncc(-c2ccncc2)c(C2CCCCN2Cc2ccc(OC)c(OC)c2)n1. The topological polar surface area (TPSA) is 60.4 Å². The van der Waals surface area contributed by atoms with Crippen molar-refractivity contribution >= 4 is 0 Å². The smallest absolute Gasteiger partial charge is 0.161 e. The lowest BCUT2D eigenvalue weighted by Crippen LogP contribution is -2.34. The van der Waals surface area contributed by atoms with Crippen LogP contribution in [0.5, 0.6) is 11.5 Å². The van der Waals surface area contributed by atoms with E-state index in [2.05, 4.69) is 33.9 Å². The highest BCUT2D eigenvalue weighted by Gasteiger charge is 2.28. The molecule has 3 aromatic rings. The van der Waals surface area contributed by atoms with E-state index in [-0.39, 0.29) is 6.04 Å². The molecule has 1 aromatic carbocycles. The van der Waals surface area contributed by atoms with E-state index >= 15 is 0 Å². The lowest BCUT2D eigenvalue weighted by molar-refractivity contribution is 0.137. The molecule has 0 amide bonds. The van der Waals surface area contributed by atoms with E-state index in [0.29, 0.717) is 0 Å². The van der Waals surface area contributed by atoms with Gasteiger partial charge in [0, 0.05) is 37.1 Å². The molecule has 2 aromatic heterocycles. The Labute approximate surface area is 190 Å². The average Bonchev–Trinajstić information content (AvgIpc) is 2.85. The number of pyridine rings is 1. The number of ether oxygens (including phenoxy) is 2. The van der Waals surface area contributed by atoms with Crippen LogP contribution in [0.25, 0.3) is 11.1 Å². The van der Waals surface area contributed by atoms with E-state index in [1.54, 1.807) is 14.2 Å². The fourth-order valence-electron chi connectivity index (χ4n) is 4.49. The summed E-state index contributed by atoms with van der Waals surface area (Å²) in [5.41, 5.74) is 4.57. The Balaban J connectivity index is 1.69. The number of aryl methyl sites for hydroxylation is 1. The number of hydrogen-bond acceptors (Lipinski definition) is 6. The normalized spacial score (nSPS) is 16.7. The van der Waals surface area contributed by atoms with Gasteiger partial charge in [-0.3, -0.25) is 9.88 Å². The second kappa shape index (κ2) is 10.6. The van der Waals surface area contributed by atoms with Gasteiger partial charge in [-0.15, -0.1) is 0 Å². The maximum absolute atomic E-state index is 5.53. The molecule has 168 valence electrons. The summed E-state index contributed by atoms with van der Waals surface area (Å²) < 4.78 is 10.9. The Morgan fingerprint density at radius 2 is 1.84 bits per heavy atom. The van der Waals surface area contributed by atoms with E-state index in [1.807, 2.05) is 36.8 Å². The Kier molecular flexibility index (Phi) is 7.32. The molecule has 1 unspecified atom stereocenters. The highest BCUT2D eigenvalue weighted by atomic mass is 16.5. The molecular formula is C26H32N4O2. The predicted molar refractivity (Wildman–Crippen MR) is 126 cm³/mol. The molecule has 0 saturated carbocycles. The van der Waals surface area contributed by atoms with Gasteiger partial charge in [0.1, 0.15) is 5.82 Å². The van der Waals surface area contributed by atoms with Crippen LogP contribution in [0.2, 0.25) is 0 Å². The molecule has 6 nitrogen and oxygen atoms in total. The summed E-state index contributed by atoms with van der Waals surface area (Å²) in [7, 11) is 3.35. The molecule has 0 aliphatic carbocycles. The van der Waals surface area contributed by atoms with Crippen LogP contribution < -0.4 is 9.47 Å². The van der Waals surface area contributed by atoms with Crippen molar-refractivity contribution in [1.82, 2.24) is 19.9 Å². The zero-order valence-corrected chi connectivity index (χ0v) is 19.3. The number of piperidine rings is 1. The average molecular weight is 433 g/mol. The second-order valence-corrected chi connectivity index (χ2v) is 8.24. The first-order chi connectivity index (χ1) is 15.7. The van der Waals surface area contributed by atoms with Crippen molar-refractivity contribution in [3.05, 3.63) is 66.0 Å². The molecule has 0 bridgehead atoms. The first-order valence-electron chi connectivity index (χ1n) is 11.4. The Bertz CT molecular complexity index is 1030. The van der Waals surface area contributed by atoms with Gasteiger partial charge < -0.3 is 9.47 Å². The van der Waals surface area contributed by atoms with Crippen molar-refractivity contribution < 1.29 is 9.47 Å². The molecule has 32 heavy (non-hydrogen) atoms. The zero-order valence-electron chi connectivity index (χ0n) is 19.3.